The molecule has 118 valence electrons. The summed E-state index contributed by atoms with van der Waals surface area (Å²) in [5.74, 6) is -0.516. The van der Waals surface area contributed by atoms with E-state index in [2.05, 4.69) is 33.4 Å². The van der Waals surface area contributed by atoms with Gasteiger partial charge in [-0.2, -0.15) is 17.7 Å². The largest absolute Gasteiger partial charge is 0.350 e. The summed E-state index contributed by atoms with van der Waals surface area (Å²) in [6.45, 7) is 0.243. The molecule has 0 unspecified atom stereocenters. The van der Waals surface area contributed by atoms with Crippen molar-refractivity contribution in [3.8, 4) is 11.4 Å². The van der Waals surface area contributed by atoms with E-state index < -0.39 is 5.82 Å². The first-order valence-electron chi connectivity index (χ1n) is 6.76. The molecule has 0 aliphatic carbocycles. The summed E-state index contributed by atoms with van der Waals surface area (Å²) in [6.07, 6.45) is 4.87. The van der Waals surface area contributed by atoms with Crippen LogP contribution in [0.1, 0.15) is 5.69 Å². The lowest BCUT2D eigenvalue weighted by Gasteiger charge is -2.05. The van der Waals surface area contributed by atoms with Crippen molar-refractivity contribution < 1.29 is 9.18 Å². The quantitative estimate of drug-likeness (QED) is 0.687. The number of hydrogen-bond acceptors (Lipinski definition) is 5. The summed E-state index contributed by atoms with van der Waals surface area (Å²) in [5, 5.41) is 14.5. The lowest BCUT2D eigenvalue weighted by Crippen LogP contribution is -2.23. The number of hydrogen-bond donors (Lipinski definition) is 2. The van der Waals surface area contributed by atoms with E-state index in [1.54, 1.807) is 36.8 Å². The van der Waals surface area contributed by atoms with Gasteiger partial charge in [0.2, 0.25) is 5.91 Å². The highest BCUT2D eigenvalue weighted by atomic mass is 32.1. The minimum Gasteiger partial charge on any atom is -0.350 e. The molecule has 9 heteroatoms. The number of nitrogens with one attached hydrogen (secondary N) is 1. The third kappa shape index (κ3) is 3.39. The zero-order chi connectivity index (χ0) is 16.2. The van der Waals surface area contributed by atoms with Crippen molar-refractivity contribution in [2.24, 2.45) is 0 Å². The van der Waals surface area contributed by atoms with Gasteiger partial charge >= 0.3 is 0 Å². The zero-order valence-corrected chi connectivity index (χ0v) is 12.8. The molecule has 0 radical (unpaired) electrons. The molecule has 0 saturated heterocycles. The Balaban J connectivity index is 1.79. The van der Waals surface area contributed by atoms with E-state index in [4.69, 9.17) is 0 Å². The highest BCUT2D eigenvalue weighted by Crippen LogP contribution is 2.16. The van der Waals surface area contributed by atoms with Crippen molar-refractivity contribution >= 4 is 18.5 Å². The molecule has 3 rings (SSSR count). The molecule has 1 amide bonds. The van der Waals surface area contributed by atoms with Gasteiger partial charge in [-0.1, -0.05) is 5.21 Å². The maximum absolute atomic E-state index is 14.2. The molecule has 0 aliphatic heterocycles. The summed E-state index contributed by atoms with van der Waals surface area (Å²) >= 11 is 3.87. The van der Waals surface area contributed by atoms with Crippen LogP contribution >= 0.6 is 12.6 Å². The first-order chi connectivity index (χ1) is 11.2. The van der Waals surface area contributed by atoms with Crippen LogP contribution in [-0.2, 0) is 11.3 Å². The van der Waals surface area contributed by atoms with Crippen molar-refractivity contribution in [2.45, 2.75) is 6.54 Å². The number of halogens is 1. The van der Waals surface area contributed by atoms with Gasteiger partial charge in [0.1, 0.15) is 11.4 Å². The second-order valence-corrected chi connectivity index (χ2v) is 4.99. The van der Waals surface area contributed by atoms with Crippen molar-refractivity contribution in [1.29, 1.82) is 0 Å². The van der Waals surface area contributed by atoms with E-state index in [1.807, 2.05) is 0 Å². The van der Waals surface area contributed by atoms with Crippen LogP contribution in [-0.4, -0.2) is 36.4 Å². The Bertz CT molecular complexity index is 817. The van der Waals surface area contributed by atoms with Crippen LogP contribution in [0, 0.1) is 5.82 Å². The summed E-state index contributed by atoms with van der Waals surface area (Å²) in [6, 6.07) is 6.39. The van der Waals surface area contributed by atoms with Crippen LogP contribution in [0.4, 0.5) is 4.39 Å². The molecular weight excluding hydrogens is 319 g/mol. The number of benzene rings is 1. The maximum atomic E-state index is 14.2. The van der Waals surface area contributed by atoms with Crippen LogP contribution in [0.25, 0.3) is 11.4 Å². The van der Waals surface area contributed by atoms with Crippen LogP contribution in [0.2, 0.25) is 0 Å². The number of nitrogens with zero attached hydrogens (tertiary/aromatic N) is 5. The molecule has 7 nitrogen and oxygen atoms in total. The average molecular weight is 332 g/mol. The smallest absolute Gasteiger partial charge is 0.230 e. The second kappa shape index (κ2) is 6.61. The summed E-state index contributed by atoms with van der Waals surface area (Å²) in [4.78, 5) is 11.2. The van der Waals surface area contributed by atoms with Crippen molar-refractivity contribution in [2.75, 3.05) is 5.75 Å². The topological polar surface area (TPSA) is 77.6 Å². The molecule has 0 bridgehead atoms. The monoisotopic (exact) mass is 332 g/mol. The molecule has 23 heavy (non-hydrogen) atoms. The average Bonchev–Trinajstić information content (AvgIpc) is 3.24. The van der Waals surface area contributed by atoms with Crippen LogP contribution < -0.4 is 5.32 Å². The molecule has 0 saturated carbocycles. The van der Waals surface area contributed by atoms with Gasteiger partial charge in [-0.05, 0) is 18.2 Å². The fourth-order valence-corrected chi connectivity index (χ4v) is 2.10. The summed E-state index contributed by atoms with van der Waals surface area (Å²) in [5.41, 5.74) is 1.44. The van der Waals surface area contributed by atoms with E-state index in [1.165, 1.54) is 15.4 Å². The van der Waals surface area contributed by atoms with Crippen molar-refractivity contribution in [1.82, 2.24) is 30.1 Å². The number of thiol groups is 1. The van der Waals surface area contributed by atoms with E-state index in [9.17, 15) is 9.18 Å². The molecule has 2 aromatic heterocycles. The van der Waals surface area contributed by atoms with Gasteiger partial charge in [0.05, 0.1) is 24.2 Å². The van der Waals surface area contributed by atoms with Crippen LogP contribution in [0.15, 0.2) is 42.9 Å². The van der Waals surface area contributed by atoms with Crippen LogP contribution in [0.5, 0.6) is 0 Å². The Hall–Kier alpha value is -2.68. The van der Waals surface area contributed by atoms with E-state index >= 15 is 0 Å². The summed E-state index contributed by atoms with van der Waals surface area (Å²) in [7, 11) is 0. The summed E-state index contributed by atoms with van der Waals surface area (Å²) < 4.78 is 17.1. The number of amides is 1. The third-order valence-electron chi connectivity index (χ3n) is 3.10. The standard InChI is InChI=1S/C14H13FN6OS/c15-12-6-11(2-3-13(12)20-5-1-4-17-20)21-8-10(18-19-21)7-16-14(22)9-23/h1-6,8,23H,7,9H2,(H,16,22). The molecule has 0 atom stereocenters. The molecule has 1 N–H and O–H groups in total. The number of aromatic nitrogens is 5. The lowest BCUT2D eigenvalue weighted by atomic mass is 10.2. The van der Waals surface area contributed by atoms with Gasteiger partial charge in [-0.3, -0.25) is 4.79 Å². The molecule has 0 fully saturated rings. The molecule has 0 aliphatic rings. The molecule has 2 heterocycles. The Morgan fingerprint density at radius 3 is 2.91 bits per heavy atom. The predicted molar refractivity (Wildman–Crippen MR) is 84.1 cm³/mol. The van der Waals surface area contributed by atoms with Gasteiger partial charge in [-0.15, -0.1) is 5.10 Å². The van der Waals surface area contributed by atoms with Gasteiger partial charge in [0, 0.05) is 18.5 Å². The van der Waals surface area contributed by atoms with E-state index in [0.717, 1.165) is 0 Å². The van der Waals surface area contributed by atoms with Gasteiger partial charge in [0.15, 0.2) is 5.82 Å². The highest BCUT2D eigenvalue weighted by molar-refractivity contribution is 7.81. The van der Waals surface area contributed by atoms with Crippen molar-refractivity contribution in [3.05, 3.63) is 54.4 Å². The first-order valence-corrected chi connectivity index (χ1v) is 7.39. The van der Waals surface area contributed by atoms with Crippen molar-refractivity contribution in [3.63, 3.8) is 0 Å². The normalized spacial score (nSPS) is 10.7. The minimum absolute atomic E-state index is 0.105. The molecule has 0 spiro atoms. The Morgan fingerprint density at radius 1 is 1.35 bits per heavy atom. The Morgan fingerprint density at radius 2 is 2.22 bits per heavy atom. The van der Waals surface area contributed by atoms with Gasteiger partial charge in [0.25, 0.3) is 0 Å². The Labute approximate surface area is 136 Å². The number of carbonyl (C=O) groups is 1. The number of rotatable bonds is 5. The van der Waals surface area contributed by atoms with E-state index in [0.29, 0.717) is 17.1 Å². The third-order valence-corrected chi connectivity index (χ3v) is 3.39. The lowest BCUT2D eigenvalue weighted by molar-refractivity contribution is -0.118. The number of carbonyl (C=O) groups excluding carboxylic acids is 1. The first kappa shape index (κ1) is 15.2. The molecule has 1 aromatic carbocycles. The SMILES string of the molecule is O=C(CS)NCc1cn(-c2ccc(-n3cccn3)c(F)c2)nn1. The fourth-order valence-electron chi connectivity index (χ4n) is 1.99. The van der Waals surface area contributed by atoms with Gasteiger partial charge < -0.3 is 5.32 Å². The molecule has 3 aromatic rings. The Kier molecular flexibility index (Phi) is 4.38. The van der Waals surface area contributed by atoms with E-state index in [-0.39, 0.29) is 18.2 Å². The highest BCUT2D eigenvalue weighted by Gasteiger charge is 2.09. The maximum Gasteiger partial charge on any atom is 0.230 e. The zero-order valence-electron chi connectivity index (χ0n) is 11.9. The van der Waals surface area contributed by atoms with Gasteiger partial charge in [-0.25, -0.2) is 13.8 Å². The minimum atomic E-state index is -0.424. The fraction of sp³-hybridized carbons (Fsp3) is 0.143. The molecular formula is C14H13FN6OS. The predicted octanol–water partition coefficient (Wildman–Crippen LogP) is 1.14. The van der Waals surface area contributed by atoms with Crippen LogP contribution in [0.3, 0.4) is 0 Å². The second-order valence-electron chi connectivity index (χ2n) is 4.68.